The second-order valence-electron chi connectivity index (χ2n) is 6.64. The van der Waals surface area contributed by atoms with Gasteiger partial charge in [-0.15, -0.1) is 0 Å². The van der Waals surface area contributed by atoms with Crippen LogP contribution in [0.5, 0.6) is 5.75 Å². The van der Waals surface area contributed by atoms with E-state index >= 15 is 0 Å². The molecule has 29 heavy (non-hydrogen) atoms. The fraction of sp³-hybridized carbons (Fsp3) is 0.261. The smallest absolute Gasteiger partial charge is 0.181 e. The van der Waals surface area contributed by atoms with E-state index in [0.29, 0.717) is 6.61 Å². The molecule has 2 aromatic carbocycles. The zero-order valence-electron chi connectivity index (χ0n) is 16.3. The van der Waals surface area contributed by atoms with Gasteiger partial charge in [0.1, 0.15) is 5.75 Å². The Hall–Kier alpha value is -3.25. The number of aliphatic hydroxyl groups is 1. The molecule has 1 N–H and O–H groups in total. The van der Waals surface area contributed by atoms with Crippen molar-refractivity contribution in [2.75, 3.05) is 13.2 Å². The van der Waals surface area contributed by atoms with E-state index in [0.717, 1.165) is 48.5 Å². The minimum Gasteiger partial charge on any atom is -0.494 e. The largest absolute Gasteiger partial charge is 0.494 e. The van der Waals surface area contributed by atoms with Gasteiger partial charge in [-0.25, -0.2) is 0 Å². The Morgan fingerprint density at radius 1 is 0.759 bits per heavy atom. The van der Waals surface area contributed by atoms with Crippen molar-refractivity contribution in [3.05, 3.63) is 83.3 Å². The van der Waals surface area contributed by atoms with Crippen LogP contribution in [0.3, 0.4) is 0 Å². The monoisotopic (exact) mass is 391 g/mol. The standard InChI is InChI=1S/C23H25N3O3/c27-17-3-1-2-4-18-29-23-11-7-20(8-12-23)25-24-19-5-9-21(10-6-19)26-15-13-22(28)14-16-26/h5-16,27H,1-4,17-18H2. The van der Waals surface area contributed by atoms with E-state index in [2.05, 4.69) is 10.2 Å². The number of pyridine rings is 1. The number of aromatic nitrogens is 1. The summed E-state index contributed by atoms with van der Waals surface area (Å²) in [6, 6.07) is 18.2. The van der Waals surface area contributed by atoms with Gasteiger partial charge in [0.2, 0.25) is 0 Å². The molecular weight excluding hydrogens is 366 g/mol. The maximum atomic E-state index is 11.2. The molecule has 6 nitrogen and oxygen atoms in total. The average molecular weight is 391 g/mol. The maximum Gasteiger partial charge on any atom is 0.181 e. The van der Waals surface area contributed by atoms with Gasteiger partial charge in [-0.05, 0) is 67.8 Å². The third-order valence-corrected chi connectivity index (χ3v) is 4.39. The van der Waals surface area contributed by atoms with Crippen molar-refractivity contribution in [3.63, 3.8) is 0 Å². The summed E-state index contributed by atoms with van der Waals surface area (Å²) in [7, 11) is 0. The van der Waals surface area contributed by atoms with Gasteiger partial charge in [0, 0.05) is 36.8 Å². The van der Waals surface area contributed by atoms with Crippen LogP contribution in [0, 0.1) is 0 Å². The summed E-state index contributed by atoms with van der Waals surface area (Å²) in [5.74, 6) is 0.816. The summed E-state index contributed by atoms with van der Waals surface area (Å²) >= 11 is 0. The van der Waals surface area contributed by atoms with Crippen LogP contribution >= 0.6 is 0 Å². The first-order chi connectivity index (χ1) is 14.2. The second kappa shape index (κ2) is 10.9. The Kier molecular flexibility index (Phi) is 7.72. The van der Waals surface area contributed by atoms with E-state index in [1.165, 1.54) is 12.1 Å². The third kappa shape index (κ3) is 6.69. The molecule has 3 aromatic rings. The Balaban J connectivity index is 1.50. The van der Waals surface area contributed by atoms with Crippen molar-refractivity contribution in [2.45, 2.75) is 25.7 Å². The van der Waals surface area contributed by atoms with Crippen LogP contribution in [0.2, 0.25) is 0 Å². The number of ether oxygens (including phenoxy) is 1. The zero-order valence-corrected chi connectivity index (χ0v) is 16.3. The lowest BCUT2D eigenvalue weighted by molar-refractivity contribution is 0.273. The topological polar surface area (TPSA) is 76.2 Å². The minimum absolute atomic E-state index is 0.0128. The van der Waals surface area contributed by atoms with Crippen LogP contribution < -0.4 is 10.2 Å². The number of hydrogen-bond donors (Lipinski definition) is 1. The quantitative estimate of drug-likeness (QED) is 0.382. The van der Waals surface area contributed by atoms with E-state index in [1.807, 2.05) is 53.1 Å². The highest BCUT2D eigenvalue weighted by Gasteiger charge is 1.98. The zero-order chi connectivity index (χ0) is 20.3. The van der Waals surface area contributed by atoms with Gasteiger partial charge in [0.15, 0.2) is 5.43 Å². The molecule has 0 spiro atoms. The molecule has 0 radical (unpaired) electrons. The number of hydrogen-bond acceptors (Lipinski definition) is 5. The molecule has 0 aliphatic carbocycles. The number of unbranched alkanes of at least 4 members (excludes halogenated alkanes) is 3. The van der Waals surface area contributed by atoms with Gasteiger partial charge in [-0.1, -0.05) is 6.42 Å². The van der Waals surface area contributed by atoms with Crippen molar-refractivity contribution in [2.24, 2.45) is 10.2 Å². The molecule has 0 fully saturated rings. The minimum atomic E-state index is -0.0128. The van der Waals surface area contributed by atoms with E-state index in [4.69, 9.17) is 9.84 Å². The Morgan fingerprint density at radius 3 is 1.97 bits per heavy atom. The predicted molar refractivity (Wildman–Crippen MR) is 114 cm³/mol. The molecule has 0 atom stereocenters. The summed E-state index contributed by atoms with van der Waals surface area (Å²) in [4.78, 5) is 11.2. The van der Waals surface area contributed by atoms with Crippen LogP contribution in [-0.2, 0) is 0 Å². The highest BCUT2D eigenvalue weighted by Crippen LogP contribution is 2.22. The summed E-state index contributed by atoms with van der Waals surface area (Å²) in [5.41, 5.74) is 2.44. The van der Waals surface area contributed by atoms with E-state index in [1.54, 1.807) is 12.4 Å². The molecule has 0 aliphatic rings. The fourth-order valence-corrected chi connectivity index (χ4v) is 2.76. The number of benzene rings is 2. The van der Waals surface area contributed by atoms with Crippen molar-refractivity contribution >= 4 is 11.4 Å². The Labute approximate surface area is 170 Å². The molecule has 0 unspecified atom stereocenters. The van der Waals surface area contributed by atoms with Gasteiger partial charge < -0.3 is 14.4 Å². The average Bonchev–Trinajstić information content (AvgIpc) is 2.76. The number of azo groups is 1. The lowest BCUT2D eigenvalue weighted by atomic mass is 10.2. The van der Waals surface area contributed by atoms with E-state index in [-0.39, 0.29) is 12.0 Å². The predicted octanol–water partition coefficient (Wildman–Crippen LogP) is 5.18. The van der Waals surface area contributed by atoms with Gasteiger partial charge in [-0.2, -0.15) is 10.2 Å². The molecule has 0 aliphatic heterocycles. The Bertz CT molecular complexity index is 943. The van der Waals surface area contributed by atoms with Crippen molar-refractivity contribution < 1.29 is 9.84 Å². The molecule has 1 aromatic heterocycles. The highest BCUT2D eigenvalue weighted by molar-refractivity contribution is 5.46. The SMILES string of the molecule is O=c1ccn(-c2ccc(N=Nc3ccc(OCCCCCCO)cc3)cc2)cc1. The molecule has 0 bridgehead atoms. The molecule has 3 rings (SSSR count). The summed E-state index contributed by atoms with van der Waals surface area (Å²) in [6.07, 6.45) is 7.40. The van der Waals surface area contributed by atoms with Crippen molar-refractivity contribution in [1.82, 2.24) is 4.57 Å². The molecular formula is C23H25N3O3. The van der Waals surface area contributed by atoms with E-state index < -0.39 is 0 Å². The fourth-order valence-electron chi connectivity index (χ4n) is 2.76. The summed E-state index contributed by atoms with van der Waals surface area (Å²) < 4.78 is 7.58. The normalized spacial score (nSPS) is 11.1. The first-order valence-electron chi connectivity index (χ1n) is 9.79. The third-order valence-electron chi connectivity index (χ3n) is 4.39. The lowest BCUT2D eigenvalue weighted by Gasteiger charge is -2.06. The number of aliphatic hydroxyl groups excluding tert-OH is 1. The molecule has 1 heterocycles. The van der Waals surface area contributed by atoms with Crippen molar-refractivity contribution in [1.29, 1.82) is 0 Å². The van der Waals surface area contributed by atoms with Gasteiger partial charge in [0.05, 0.1) is 18.0 Å². The maximum absolute atomic E-state index is 11.2. The van der Waals surface area contributed by atoms with Crippen LogP contribution in [-0.4, -0.2) is 22.9 Å². The lowest BCUT2D eigenvalue weighted by Crippen LogP contribution is -2.01. The molecule has 0 saturated carbocycles. The first kappa shape index (κ1) is 20.5. The number of rotatable bonds is 10. The van der Waals surface area contributed by atoms with Gasteiger partial charge in [0.25, 0.3) is 0 Å². The molecule has 150 valence electrons. The number of nitrogens with zero attached hydrogens (tertiary/aromatic N) is 3. The van der Waals surface area contributed by atoms with Crippen molar-refractivity contribution in [3.8, 4) is 11.4 Å². The van der Waals surface area contributed by atoms with E-state index in [9.17, 15) is 4.79 Å². The van der Waals surface area contributed by atoms with Crippen LogP contribution in [0.25, 0.3) is 5.69 Å². The second-order valence-corrected chi connectivity index (χ2v) is 6.64. The van der Waals surface area contributed by atoms with Gasteiger partial charge in [-0.3, -0.25) is 4.79 Å². The van der Waals surface area contributed by atoms with Crippen LogP contribution in [0.15, 0.2) is 88.1 Å². The summed E-state index contributed by atoms with van der Waals surface area (Å²) in [6.45, 7) is 0.935. The summed E-state index contributed by atoms with van der Waals surface area (Å²) in [5, 5.41) is 17.3. The van der Waals surface area contributed by atoms with Crippen LogP contribution in [0.1, 0.15) is 25.7 Å². The molecule has 0 amide bonds. The Morgan fingerprint density at radius 2 is 1.34 bits per heavy atom. The van der Waals surface area contributed by atoms with Gasteiger partial charge >= 0.3 is 0 Å². The molecule has 0 saturated heterocycles. The molecule has 6 heteroatoms. The highest BCUT2D eigenvalue weighted by atomic mass is 16.5. The first-order valence-corrected chi connectivity index (χ1v) is 9.79. The van der Waals surface area contributed by atoms with Crippen LogP contribution in [0.4, 0.5) is 11.4 Å².